The second-order valence-corrected chi connectivity index (χ2v) is 6.73. The number of rotatable bonds is 0. The molecule has 0 spiro atoms. The molecule has 0 N–H and O–H groups in total. The average molecular weight is 186 g/mol. The lowest BCUT2D eigenvalue weighted by Gasteiger charge is -2.64. The highest BCUT2D eigenvalue weighted by atomic mass is 14.8. The van der Waals surface area contributed by atoms with Crippen molar-refractivity contribution >= 4 is 0 Å². The lowest BCUT2D eigenvalue weighted by atomic mass is 9.40. The van der Waals surface area contributed by atoms with Gasteiger partial charge >= 0.3 is 0 Å². The zero-order valence-corrected chi connectivity index (χ0v) is 8.82. The molecule has 8 unspecified atom stereocenters. The zero-order valence-electron chi connectivity index (χ0n) is 8.82. The van der Waals surface area contributed by atoms with Gasteiger partial charge in [-0.25, -0.2) is 0 Å². The van der Waals surface area contributed by atoms with Crippen LogP contribution in [0.3, 0.4) is 0 Å². The highest BCUT2D eigenvalue weighted by molar-refractivity contribution is 5.38. The standard InChI is InChI=1S/C14H18/c1-6-2-8-7-4-10-9(3-6)14-12(8)11(5-7)13(10)14/h3,6-8,10-14H,2,4-5H2,1H3. The summed E-state index contributed by atoms with van der Waals surface area (Å²) in [6, 6.07) is 0. The minimum absolute atomic E-state index is 0.908. The van der Waals surface area contributed by atoms with E-state index in [0.717, 1.165) is 29.6 Å². The maximum Gasteiger partial charge on any atom is -0.0130 e. The lowest BCUT2D eigenvalue weighted by Crippen LogP contribution is -2.59. The van der Waals surface area contributed by atoms with Crippen LogP contribution in [0.1, 0.15) is 26.2 Å². The van der Waals surface area contributed by atoms with E-state index in [9.17, 15) is 0 Å². The molecule has 4 fully saturated rings. The Kier molecular flexibility index (Phi) is 0.941. The van der Waals surface area contributed by atoms with Crippen molar-refractivity contribution in [3.8, 4) is 0 Å². The van der Waals surface area contributed by atoms with E-state index in [2.05, 4.69) is 13.0 Å². The lowest BCUT2D eigenvalue weighted by molar-refractivity contribution is -0.0903. The molecule has 0 amide bonds. The first-order chi connectivity index (χ1) is 6.84. The van der Waals surface area contributed by atoms with Crippen LogP contribution in [0, 0.1) is 47.3 Å². The third-order valence-corrected chi connectivity index (χ3v) is 6.45. The first-order valence-electron chi connectivity index (χ1n) is 6.56. The molecular formula is C14H18. The van der Waals surface area contributed by atoms with Crippen molar-refractivity contribution in [2.24, 2.45) is 47.3 Å². The van der Waals surface area contributed by atoms with Crippen LogP contribution in [0.4, 0.5) is 0 Å². The van der Waals surface area contributed by atoms with Crippen LogP contribution < -0.4 is 0 Å². The number of hydrogen-bond acceptors (Lipinski definition) is 0. The van der Waals surface area contributed by atoms with Crippen LogP contribution in [0.25, 0.3) is 0 Å². The maximum atomic E-state index is 2.68. The van der Waals surface area contributed by atoms with Crippen LogP contribution in [-0.4, -0.2) is 0 Å². The van der Waals surface area contributed by atoms with E-state index in [1.54, 1.807) is 12.8 Å². The molecule has 0 radical (unpaired) electrons. The monoisotopic (exact) mass is 186 g/mol. The number of allylic oxidation sites excluding steroid dienone is 2. The third-order valence-electron chi connectivity index (χ3n) is 6.45. The smallest absolute Gasteiger partial charge is 0.0130 e. The van der Waals surface area contributed by atoms with Gasteiger partial charge in [0.2, 0.25) is 0 Å². The van der Waals surface area contributed by atoms with Gasteiger partial charge in [-0.2, -0.15) is 0 Å². The Morgan fingerprint density at radius 2 is 2.00 bits per heavy atom. The van der Waals surface area contributed by atoms with Crippen LogP contribution in [0.15, 0.2) is 11.6 Å². The van der Waals surface area contributed by atoms with Crippen molar-refractivity contribution in [1.29, 1.82) is 0 Å². The third kappa shape index (κ3) is 0.506. The predicted molar refractivity (Wildman–Crippen MR) is 55.5 cm³/mol. The summed E-state index contributed by atoms with van der Waals surface area (Å²) >= 11 is 0. The Labute approximate surface area is 85.8 Å². The molecule has 0 aromatic rings. The summed E-state index contributed by atoms with van der Waals surface area (Å²) < 4.78 is 0. The van der Waals surface area contributed by atoms with Crippen molar-refractivity contribution in [2.75, 3.05) is 0 Å². The van der Waals surface area contributed by atoms with E-state index in [1.165, 1.54) is 24.2 Å². The van der Waals surface area contributed by atoms with Crippen molar-refractivity contribution in [3.05, 3.63) is 11.6 Å². The fourth-order valence-corrected chi connectivity index (χ4v) is 6.28. The summed E-state index contributed by atoms with van der Waals surface area (Å²) in [7, 11) is 0. The number of hydrogen-bond donors (Lipinski definition) is 0. The molecule has 2 bridgehead atoms. The van der Waals surface area contributed by atoms with E-state index in [-0.39, 0.29) is 0 Å². The Balaban J connectivity index is 1.76. The zero-order chi connectivity index (χ0) is 9.02. The molecule has 4 saturated carbocycles. The van der Waals surface area contributed by atoms with E-state index in [0.29, 0.717) is 0 Å². The van der Waals surface area contributed by atoms with Crippen LogP contribution in [0.5, 0.6) is 0 Å². The Morgan fingerprint density at radius 3 is 2.93 bits per heavy atom. The molecule has 0 aliphatic heterocycles. The summed E-state index contributed by atoms with van der Waals surface area (Å²) in [5.41, 5.74) is 1.94. The minimum atomic E-state index is 0.908. The second kappa shape index (κ2) is 1.86. The molecule has 0 aromatic heterocycles. The fraction of sp³-hybridized carbons (Fsp3) is 0.857. The number of fused-ring (bicyclic) bond motifs is 3. The maximum absolute atomic E-state index is 2.68. The minimum Gasteiger partial charge on any atom is -0.0819 e. The van der Waals surface area contributed by atoms with Gasteiger partial charge in [0.05, 0.1) is 0 Å². The Hall–Kier alpha value is -0.260. The van der Waals surface area contributed by atoms with Crippen molar-refractivity contribution in [3.63, 3.8) is 0 Å². The predicted octanol–water partition coefficient (Wildman–Crippen LogP) is 3.10. The van der Waals surface area contributed by atoms with Gasteiger partial charge in [-0.1, -0.05) is 18.6 Å². The fourth-order valence-electron chi connectivity index (χ4n) is 6.28. The SMILES string of the molecule is CC1C=C2C3CC4CC5C3C2C5C4C1. The van der Waals surface area contributed by atoms with Gasteiger partial charge in [-0.3, -0.25) is 0 Å². The molecule has 74 valence electrons. The first-order valence-corrected chi connectivity index (χ1v) is 6.56. The normalized spacial score (nSPS) is 70.8. The van der Waals surface area contributed by atoms with Crippen molar-refractivity contribution in [1.82, 2.24) is 0 Å². The molecule has 0 aromatic carbocycles. The molecule has 0 heterocycles. The van der Waals surface area contributed by atoms with E-state index < -0.39 is 0 Å². The summed E-state index contributed by atoms with van der Waals surface area (Å²) in [5, 5.41) is 0. The molecule has 5 rings (SSSR count). The molecule has 8 atom stereocenters. The van der Waals surface area contributed by atoms with E-state index >= 15 is 0 Å². The van der Waals surface area contributed by atoms with Gasteiger partial charge in [0, 0.05) is 0 Å². The quantitative estimate of drug-likeness (QED) is 0.510. The molecule has 0 heteroatoms. The summed E-state index contributed by atoms with van der Waals surface area (Å²) in [5.74, 6) is 9.00. The van der Waals surface area contributed by atoms with Gasteiger partial charge in [-0.05, 0) is 66.6 Å². The van der Waals surface area contributed by atoms with Gasteiger partial charge in [-0.15, -0.1) is 0 Å². The topological polar surface area (TPSA) is 0 Å². The Morgan fingerprint density at radius 1 is 1.07 bits per heavy atom. The highest BCUT2D eigenvalue weighted by Gasteiger charge is 2.72. The van der Waals surface area contributed by atoms with E-state index in [1.807, 2.05) is 5.57 Å². The Bertz CT molecular complexity index is 353. The molecule has 5 aliphatic carbocycles. The first kappa shape index (κ1) is 7.09. The second-order valence-electron chi connectivity index (χ2n) is 6.73. The summed E-state index contributed by atoms with van der Waals surface area (Å²) in [6.07, 6.45) is 7.44. The van der Waals surface area contributed by atoms with Gasteiger partial charge < -0.3 is 0 Å². The van der Waals surface area contributed by atoms with Crippen LogP contribution >= 0.6 is 0 Å². The van der Waals surface area contributed by atoms with Gasteiger partial charge in [0.25, 0.3) is 0 Å². The largest absolute Gasteiger partial charge is 0.0819 e. The van der Waals surface area contributed by atoms with Crippen molar-refractivity contribution in [2.45, 2.75) is 26.2 Å². The van der Waals surface area contributed by atoms with Gasteiger partial charge in [0.15, 0.2) is 0 Å². The van der Waals surface area contributed by atoms with Crippen LogP contribution in [0.2, 0.25) is 0 Å². The molecule has 5 aliphatic rings. The summed E-state index contributed by atoms with van der Waals surface area (Å²) in [6.45, 7) is 2.46. The van der Waals surface area contributed by atoms with Gasteiger partial charge in [0.1, 0.15) is 0 Å². The summed E-state index contributed by atoms with van der Waals surface area (Å²) in [4.78, 5) is 0. The van der Waals surface area contributed by atoms with Crippen molar-refractivity contribution < 1.29 is 0 Å². The molecular weight excluding hydrogens is 168 g/mol. The average Bonchev–Trinajstić information content (AvgIpc) is 2.27. The van der Waals surface area contributed by atoms with E-state index in [4.69, 9.17) is 0 Å². The molecule has 0 saturated heterocycles. The van der Waals surface area contributed by atoms with Crippen LogP contribution in [-0.2, 0) is 0 Å². The molecule has 14 heavy (non-hydrogen) atoms. The molecule has 0 nitrogen and oxygen atoms in total. The highest BCUT2D eigenvalue weighted by Crippen LogP contribution is 2.79.